The van der Waals surface area contributed by atoms with E-state index in [9.17, 15) is 35.2 Å². The predicted molar refractivity (Wildman–Crippen MR) is 159 cm³/mol. The minimum atomic E-state index is -4.64. The normalized spacial score (nSPS) is 19.9. The Morgan fingerprint density at radius 1 is 0.978 bits per heavy atom. The molecule has 46 heavy (non-hydrogen) atoms. The van der Waals surface area contributed by atoms with Crippen molar-refractivity contribution in [3.8, 4) is 5.69 Å². The summed E-state index contributed by atoms with van der Waals surface area (Å²) in [7, 11) is -4.14. The molecule has 0 unspecified atom stereocenters. The Morgan fingerprint density at radius 2 is 1.63 bits per heavy atom. The molecule has 2 aliphatic carbocycles. The van der Waals surface area contributed by atoms with Gasteiger partial charge in [-0.2, -0.15) is 22.6 Å². The third-order valence-corrected chi connectivity index (χ3v) is 10.9. The number of carbonyl (C=O) groups excluding carboxylic acids is 1. The van der Waals surface area contributed by atoms with Crippen molar-refractivity contribution in [1.29, 1.82) is 0 Å². The zero-order chi connectivity index (χ0) is 33.0. The number of carbonyl (C=O) groups is 1. The lowest BCUT2D eigenvalue weighted by atomic mass is 9.60. The smallest absolute Gasteiger partial charge is 0.291 e. The number of alkyl halides is 3. The number of hydrogen-bond acceptors (Lipinski definition) is 5. The lowest BCUT2D eigenvalue weighted by molar-refractivity contribution is -0.137. The van der Waals surface area contributed by atoms with Crippen molar-refractivity contribution in [1.82, 2.24) is 19.1 Å². The van der Waals surface area contributed by atoms with E-state index in [0.717, 1.165) is 24.3 Å². The van der Waals surface area contributed by atoms with Gasteiger partial charge < -0.3 is 0 Å². The van der Waals surface area contributed by atoms with E-state index in [1.165, 1.54) is 28.6 Å². The van der Waals surface area contributed by atoms with Gasteiger partial charge in [0.05, 0.1) is 33.5 Å². The Kier molecular flexibility index (Phi) is 7.96. The van der Waals surface area contributed by atoms with Crippen molar-refractivity contribution in [2.45, 2.75) is 62.7 Å². The molecule has 2 atom stereocenters. The monoisotopic (exact) mass is 656 g/mol. The summed E-state index contributed by atoms with van der Waals surface area (Å²) in [5.41, 5.74) is 0.0794. The van der Waals surface area contributed by atoms with Gasteiger partial charge >= 0.3 is 6.18 Å². The maximum atomic E-state index is 14.5. The molecule has 0 N–H and O–H groups in total. The molecule has 6 rings (SSSR count). The van der Waals surface area contributed by atoms with Crippen LogP contribution in [0.3, 0.4) is 0 Å². The Hall–Kier alpha value is -4.23. The first-order chi connectivity index (χ1) is 21.7. The number of halogens is 5. The van der Waals surface area contributed by atoms with Crippen molar-refractivity contribution >= 4 is 21.9 Å². The first-order valence-corrected chi connectivity index (χ1v) is 16.1. The largest absolute Gasteiger partial charge is 0.417 e. The van der Waals surface area contributed by atoms with Gasteiger partial charge in [0, 0.05) is 18.3 Å². The molecule has 0 aliphatic heterocycles. The van der Waals surface area contributed by atoms with E-state index in [0.29, 0.717) is 41.6 Å². The lowest BCUT2D eigenvalue weighted by Gasteiger charge is -2.47. The van der Waals surface area contributed by atoms with E-state index < -0.39 is 56.7 Å². The number of aromatic nitrogens is 3. The highest BCUT2D eigenvalue weighted by molar-refractivity contribution is 7.89. The molecular formula is C33H29F5N4O3S. The Bertz CT molecular complexity index is 1920. The molecule has 0 radical (unpaired) electrons. The second kappa shape index (κ2) is 11.5. The second-order valence-corrected chi connectivity index (χ2v) is 13.8. The molecule has 1 fully saturated rings. The maximum absolute atomic E-state index is 14.5. The van der Waals surface area contributed by atoms with Gasteiger partial charge in [0.15, 0.2) is 5.78 Å². The Labute approximate surface area is 262 Å². The van der Waals surface area contributed by atoms with Crippen LogP contribution in [-0.4, -0.2) is 45.4 Å². The molecule has 0 spiro atoms. The second-order valence-electron chi connectivity index (χ2n) is 11.9. The number of sulfonamides is 1. The number of pyridine rings is 1. The highest BCUT2D eigenvalue weighted by atomic mass is 32.2. The molecule has 0 bridgehead atoms. The quantitative estimate of drug-likeness (QED) is 0.158. The van der Waals surface area contributed by atoms with Crippen LogP contribution >= 0.6 is 0 Å². The minimum absolute atomic E-state index is 0.0279. The molecule has 7 nitrogen and oxygen atoms in total. The van der Waals surface area contributed by atoms with E-state index in [1.54, 1.807) is 36.9 Å². The van der Waals surface area contributed by atoms with E-state index in [4.69, 9.17) is 0 Å². The van der Waals surface area contributed by atoms with E-state index in [1.807, 2.05) is 6.08 Å². The van der Waals surface area contributed by atoms with Gasteiger partial charge in [-0.15, -0.1) is 0 Å². The molecule has 2 aromatic heterocycles. The number of allylic oxidation sites excluding steroid dienone is 1. The van der Waals surface area contributed by atoms with E-state index >= 15 is 0 Å². The molecule has 4 aromatic rings. The molecule has 0 saturated heterocycles. The van der Waals surface area contributed by atoms with Crippen LogP contribution in [0.25, 0.3) is 11.8 Å². The molecular weight excluding hydrogens is 627 g/mol. The van der Waals surface area contributed by atoms with Crippen molar-refractivity contribution < 1.29 is 35.2 Å². The number of fused-ring (bicyclic) bond motifs is 2. The summed E-state index contributed by atoms with van der Waals surface area (Å²) in [5, 5.41) is 4.49. The van der Waals surface area contributed by atoms with Crippen LogP contribution in [-0.2, 0) is 22.6 Å². The molecule has 13 heteroatoms. The van der Waals surface area contributed by atoms with Gasteiger partial charge in [0.25, 0.3) is 0 Å². The number of ketones is 1. The molecule has 1 saturated carbocycles. The van der Waals surface area contributed by atoms with Crippen molar-refractivity contribution in [3.05, 3.63) is 113 Å². The van der Waals surface area contributed by atoms with Gasteiger partial charge in [-0.05, 0) is 112 Å². The first-order valence-electron chi connectivity index (χ1n) is 14.6. The SMILES string of the molecule is CC(C)N([C@H]1CCC2=Cc3c(cnn3-c3ccc(F)cc3)C[C@]2(C(=O)c2ccc(C(F)(F)F)cn2)C1)S(=O)(=O)c1ccc(F)cc1. The van der Waals surface area contributed by atoms with Crippen LogP contribution in [0.15, 0.2) is 83.5 Å². The number of rotatable bonds is 7. The van der Waals surface area contributed by atoms with Crippen LogP contribution in [0, 0.1) is 17.0 Å². The molecule has 2 heterocycles. The highest BCUT2D eigenvalue weighted by Crippen LogP contribution is 2.51. The fourth-order valence-corrected chi connectivity index (χ4v) is 8.50. The summed E-state index contributed by atoms with van der Waals surface area (Å²) in [6.07, 6.45) is 0.147. The summed E-state index contributed by atoms with van der Waals surface area (Å²) in [4.78, 5) is 18.3. The summed E-state index contributed by atoms with van der Waals surface area (Å²) in [5.74, 6) is -1.53. The predicted octanol–water partition coefficient (Wildman–Crippen LogP) is 7.02. The fourth-order valence-electron chi connectivity index (χ4n) is 6.65. The number of benzene rings is 2. The molecule has 2 aromatic carbocycles. The summed E-state index contributed by atoms with van der Waals surface area (Å²) in [6, 6.07) is 10.9. The molecule has 2 aliphatic rings. The van der Waals surface area contributed by atoms with E-state index in [2.05, 4.69) is 10.1 Å². The lowest BCUT2D eigenvalue weighted by Crippen LogP contribution is -2.52. The minimum Gasteiger partial charge on any atom is -0.291 e. The van der Waals surface area contributed by atoms with Gasteiger partial charge in [-0.1, -0.05) is 5.57 Å². The number of nitrogens with zero attached hydrogens (tertiary/aromatic N) is 4. The average molecular weight is 657 g/mol. The zero-order valence-corrected chi connectivity index (χ0v) is 25.6. The third-order valence-electron chi connectivity index (χ3n) is 8.72. The highest BCUT2D eigenvalue weighted by Gasteiger charge is 2.52. The van der Waals surface area contributed by atoms with Gasteiger partial charge in [0.2, 0.25) is 10.0 Å². The number of hydrogen-bond donors (Lipinski definition) is 0. The van der Waals surface area contributed by atoms with Crippen LogP contribution < -0.4 is 0 Å². The summed E-state index contributed by atoms with van der Waals surface area (Å²) >= 11 is 0. The van der Waals surface area contributed by atoms with E-state index in [-0.39, 0.29) is 23.4 Å². The molecule has 0 amide bonds. The topological polar surface area (TPSA) is 85.2 Å². The standard InChI is InChI=1S/C33H29F5N4O3S/c1-20(2)42(46(44,45)28-12-7-25(35)8-13-28)27-9-3-22-15-30-21(18-40-41(30)26-10-5-24(34)6-11-26)16-32(22,17-27)31(43)29-14-4-23(19-39-29)33(36,37)38/h4-8,10-15,18-20,27H,3,9,16-17H2,1-2H3/t27-,32-/m0/s1. The van der Waals surface area contributed by atoms with Gasteiger partial charge in [-0.3, -0.25) is 9.78 Å². The fraction of sp³-hybridized carbons (Fsp3) is 0.303. The third kappa shape index (κ3) is 5.55. The van der Waals surface area contributed by atoms with Crippen LogP contribution in [0.5, 0.6) is 0 Å². The van der Waals surface area contributed by atoms with Crippen LogP contribution in [0.1, 0.15) is 60.4 Å². The van der Waals surface area contributed by atoms with Crippen molar-refractivity contribution in [3.63, 3.8) is 0 Å². The summed E-state index contributed by atoms with van der Waals surface area (Å²) in [6.45, 7) is 3.42. The van der Waals surface area contributed by atoms with Crippen LogP contribution in [0.2, 0.25) is 0 Å². The zero-order valence-electron chi connectivity index (χ0n) is 24.8. The van der Waals surface area contributed by atoms with Gasteiger partial charge in [0.1, 0.15) is 17.3 Å². The number of Topliss-reactive ketones (excluding diaryl/α,β-unsaturated/α-hetero) is 1. The Morgan fingerprint density at radius 3 is 2.22 bits per heavy atom. The maximum Gasteiger partial charge on any atom is 0.417 e. The van der Waals surface area contributed by atoms with Crippen molar-refractivity contribution in [2.75, 3.05) is 0 Å². The first kappa shape index (κ1) is 31.7. The molecule has 240 valence electrons. The van der Waals surface area contributed by atoms with Crippen molar-refractivity contribution in [2.24, 2.45) is 5.41 Å². The summed E-state index contributed by atoms with van der Waals surface area (Å²) < 4.78 is 98.1. The Balaban J connectivity index is 1.45. The average Bonchev–Trinajstić information content (AvgIpc) is 3.41. The van der Waals surface area contributed by atoms with Crippen LogP contribution in [0.4, 0.5) is 22.0 Å². The van der Waals surface area contributed by atoms with Gasteiger partial charge in [-0.25, -0.2) is 21.9 Å².